The zero-order valence-corrected chi connectivity index (χ0v) is 7.55. The number of rotatable bonds is 0. The normalized spacial score (nSPS) is 16.5. The molecule has 5 heteroatoms. The van der Waals surface area contributed by atoms with Crippen molar-refractivity contribution >= 4 is 12.0 Å². The maximum atomic E-state index is 10.00. The molecule has 4 nitrogen and oxygen atoms in total. The van der Waals surface area contributed by atoms with Crippen molar-refractivity contribution in [2.24, 2.45) is 0 Å². The number of nitrogens with one attached hydrogen (secondary N) is 1. The van der Waals surface area contributed by atoms with E-state index in [4.69, 9.17) is 0 Å². The number of alkyl carbamates (subject to hydrolysis) is 1. The molecule has 1 aliphatic rings. The Morgan fingerprint density at radius 2 is 2.12 bits per heavy atom. The molecule has 8 heavy (non-hydrogen) atoms. The molecule has 1 fully saturated rings. The molecule has 1 aliphatic heterocycles. The molecule has 0 bridgehead atoms. The second kappa shape index (κ2) is 3.57. The van der Waals surface area contributed by atoms with Crippen LogP contribution in [0, 0.1) is 0 Å². The van der Waals surface area contributed by atoms with Gasteiger partial charge in [-0.15, -0.1) is 0 Å². The molecule has 0 atom stereocenters. The van der Waals surface area contributed by atoms with Gasteiger partial charge < -0.3 is 4.74 Å². The SMILES string of the molecule is O=C1COC(=O)N1.[K+]. The number of hydrogen-bond donors (Lipinski definition) is 1. The van der Waals surface area contributed by atoms with E-state index in [9.17, 15) is 9.59 Å². The number of carbonyl (C=O) groups is 2. The summed E-state index contributed by atoms with van der Waals surface area (Å²) in [5, 5.41) is 1.92. The van der Waals surface area contributed by atoms with Gasteiger partial charge in [-0.05, 0) is 0 Å². The molecule has 0 aromatic heterocycles. The zero-order valence-electron chi connectivity index (χ0n) is 4.43. The van der Waals surface area contributed by atoms with Crippen LogP contribution in [0.3, 0.4) is 0 Å². The van der Waals surface area contributed by atoms with Crippen LogP contribution in [0.5, 0.6) is 0 Å². The summed E-state index contributed by atoms with van der Waals surface area (Å²) in [7, 11) is 0. The van der Waals surface area contributed by atoms with Crippen LogP contribution in [0.2, 0.25) is 0 Å². The van der Waals surface area contributed by atoms with E-state index in [-0.39, 0.29) is 63.9 Å². The van der Waals surface area contributed by atoms with Crippen LogP contribution >= 0.6 is 0 Å². The third-order valence-electron chi connectivity index (χ3n) is 0.576. The van der Waals surface area contributed by atoms with E-state index in [2.05, 4.69) is 4.74 Å². The summed E-state index contributed by atoms with van der Waals surface area (Å²) in [5.41, 5.74) is 0. The zero-order chi connectivity index (χ0) is 5.28. The van der Waals surface area contributed by atoms with Gasteiger partial charge in [0.25, 0.3) is 5.91 Å². The van der Waals surface area contributed by atoms with Crippen LogP contribution in [0.25, 0.3) is 0 Å². The van der Waals surface area contributed by atoms with Crippen molar-refractivity contribution in [3.63, 3.8) is 0 Å². The molecule has 38 valence electrons. The van der Waals surface area contributed by atoms with Gasteiger partial charge in [-0.2, -0.15) is 0 Å². The minimum absolute atomic E-state index is 0. The van der Waals surface area contributed by atoms with E-state index in [0.717, 1.165) is 0 Å². The van der Waals surface area contributed by atoms with Crippen LogP contribution in [0.1, 0.15) is 0 Å². The molecular weight excluding hydrogens is 137 g/mol. The average molecular weight is 140 g/mol. The maximum Gasteiger partial charge on any atom is 1.00 e. The largest absolute Gasteiger partial charge is 1.00 e. The molecule has 2 amide bonds. The first-order valence-corrected chi connectivity index (χ1v) is 1.75. The number of carbonyl (C=O) groups excluding carboxylic acids is 2. The number of amides is 2. The van der Waals surface area contributed by atoms with Crippen LogP contribution in [0.15, 0.2) is 0 Å². The summed E-state index contributed by atoms with van der Waals surface area (Å²) in [6, 6.07) is 0. The molecule has 0 radical (unpaired) electrons. The first-order chi connectivity index (χ1) is 3.29. The smallest absolute Gasteiger partial charge is 0.439 e. The van der Waals surface area contributed by atoms with Crippen molar-refractivity contribution in [2.45, 2.75) is 0 Å². The van der Waals surface area contributed by atoms with Gasteiger partial charge in [0.1, 0.15) is 0 Å². The molecule has 0 aromatic carbocycles. The van der Waals surface area contributed by atoms with Crippen molar-refractivity contribution in [3.8, 4) is 0 Å². The van der Waals surface area contributed by atoms with Crippen molar-refractivity contribution in [1.29, 1.82) is 0 Å². The van der Waals surface area contributed by atoms with Gasteiger partial charge in [0.05, 0.1) is 0 Å². The summed E-state index contributed by atoms with van der Waals surface area (Å²) >= 11 is 0. The number of imide groups is 1. The van der Waals surface area contributed by atoms with Crippen molar-refractivity contribution in [1.82, 2.24) is 5.32 Å². The Labute approximate surface area is 88.4 Å². The van der Waals surface area contributed by atoms with E-state index in [1.807, 2.05) is 5.32 Å². The summed E-state index contributed by atoms with van der Waals surface area (Å²) in [5.74, 6) is -0.370. The van der Waals surface area contributed by atoms with Gasteiger partial charge in [-0.3, -0.25) is 10.1 Å². The maximum absolute atomic E-state index is 10.00. The Hall–Kier alpha value is 0.576. The molecule has 1 rings (SSSR count). The van der Waals surface area contributed by atoms with Crippen LogP contribution in [0.4, 0.5) is 4.79 Å². The number of cyclic esters (lactones) is 1. The molecular formula is C3H3KNO3+. The topological polar surface area (TPSA) is 55.4 Å². The van der Waals surface area contributed by atoms with Gasteiger partial charge in [-0.1, -0.05) is 0 Å². The average Bonchev–Trinajstić information content (AvgIpc) is 1.87. The van der Waals surface area contributed by atoms with E-state index in [1.165, 1.54) is 0 Å². The molecule has 0 spiro atoms. The van der Waals surface area contributed by atoms with Gasteiger partial charge in [-0.25, -0.2) is 4.79 Å². The Balaban J connectivity index is 0.000000490. The monoisotopic (exact) mass is 140 g/mol. The summed E-state index contributed by atoms with van der Waals surface area (Å²) in [4.78, 5) is 19.9. The van der Waals surface area contributed by atoms with E-state index < -0.39 is 6.09 Å². The van der Waals surface area contributed by atoms with Crippen molar-refractivity contribution < 1.29 is 65.7 Å². The second-order valence-corrected chi connectivity index (χ2v) is 1.12. The second-order valence-electron chi connectivity index (χ2n) is 1.12. The minimum Gasteiger partial charge on any atom is -0.439 e. The molecule has 0 aromatic rings. The predicted molar refractivity (Wildman–Crippen MR) is 19.5 cm³/mol. The first kappa shape index (κ1) is 8.58. The summed E-state index contributed by atoms with van der Waals surface area (Å²) in [6.45, 7) is -0.126. The van der Waals surface area contributed by atoms with Gasteiger partial charge in [0, 0.05) is 0 Å². The van der Waals surface area contributed by atoms with Gasteiger partial charge in [0.2, 0.25) is 0 Å². The van der Waals surface area contributed by atoms with E-state index in [1.54, 1.807) is 0 Å². The van der Waals surface area contributed by atoms with Crippen molar-refractivity contribution in [2.75, 3.05) is 6.61 Å². The van der Waals surface area contributed by atoms with Crippen LogP contribution in [-0.4, -0.2) is 18.6 Å². The Morgan fingerprint density at radius 1 is 1.50 bits per heavy atom. The molecule has 0 unspecified atom stereocenters. The standard InChI is InChI=1S/C3H3NO3.K/c5-2-1-7-3(6)4-2;/h1H2,(H,4,5,6);/q;+1. The summed E-state index contributed by atoms with van der Waals surface area (Å²) < 4.78 is 4.17. The molecule has 0 aliphatic carbocycles. The van der Waals surface area contributed by atoms with Gasteiger partial charge >= 0.3 is 57.5 Å². The van der Waals surface area contributed by atoms with E-state index >= 15 is 0 Å². The summed E-state index contributed by atoms with van der Waals surface area (Å²) in [6.07, 6.45) is -0.648. The predicted octanol–water partition coefficient (Wildman–Crippen LogP) is -3.74. The Kier molecular flexibility index (Phi) is 3.83. The number of ether oxygens (including phenoxy) is 1. The van der Waals surface area contributed by atoms with E-state index in [0.29, 0.717) is 0 Å². The molecule has 1 heterocycles. The third-order valence-corrected chi connectivity index (χ3v) is 0.576. The van der Waals surface area contributed by atoms with Crippen LogP contribution < -0.4 is 56.7 Å². The first-order valence-electron chi connectivity index (χ1n) is 1.75. The minimum atomic E-state index is -0.648. The quantitative estimate of drug-likeness (QED) is 0.352. The fourth-order valence-corrected chi connectivity index (χ4v) is 0.317. The Morgan fingerprint density at radius 3 is 2.25 bits per heavy atom. The number of hydrogen-bond acceptors (Lipinski definition) is 3. The Bertz CT molecular complexity index is 110. The molecule has 1 N–H and O–H groups in total. The fourth-order valence-electron chi connectivity index (χ4n) is 0.317. The molecule has 1 saturated heterocycles. The van der Waals surface area contributed by atoms with Crippen molar-refractivity contribution in [3.05, 3.63) is 0 Å². The molecule has 0 saturated carbocycles. The van der Waals surface area contributed by atoms with Gasteiger partial charge in [0.15, 0.2) is 6.61 Å². The fraction of sp³-hybridized carbons (Fsp3) is 0.333. The van der Waals surface area contributed by atoms with Crippen LogP contribution in [-0.2, 0) is 9.53 Å². The third kappa shape index (κ3) is 2.23.